The molecule has 28 heavy (non-hydrogen) atoms. The minimum absolute atomic E-state index is 0.357. The summed E-state index contributed by atoms with van der Waals surface area (Å²) in [6.45, 7) is 2.02. The molecule has 4 heterocycles. The van der Waals surface area contributed by atoms with Crippen molar-refractivity contribution in [3.05, 3.63) is 65.6 Å². The summed E-state index contributed by atoms with van der Waals surface area (Å²) in [5.41, 5.74) is 16.3. The van der Waals surface area contributed by atoms with Gasteiger partial charge in [-0.1, -0.05) is 0 Å². The Morgan fingerprint density at radius 2 is 1.89 bits per heavy atom. The fourth-order valence-electron chi connectivity index (χ4n) is 3.42. The molecule has 0 spiro atoms. The fourth-order valence-corrected chi connectivity index (χ4v) is 3.42. The maximum absolute atomic E-state index is 6.19. The lowest BCUT2D eigenvalue weighted by molar-refractivity contribution is -0.806. The zero-order valence-electron chi connectivity index (χ0n) is 15.4. The number of ether oxygens (including phenoxy) is 1. The third kappa shape index (κ3) is 2.41. The predicted octanol–water partition coefficient (Wildman–Crippen LogP) is 0.460. The lowest BCUT2D eigenvalue weighted by Crippen LogP contribution is -2.97. The topological polar surface area (TPSA) is 109 Å². The number of aliphatic imine (C=N–C) groups is 1. The first kappa shape index (κ1) is 16.3. The summed E-state index contributed by atoms with van der Waals surface area (Å²) >= 11 is 0. The standard InChI is InChI=1S/C19H18N8O/c1-11-9-21-15-8-5-13(10-26(11)15)17-16(12-3-6-14(28-2)7-4-12)22-18(20)19-23-24-25-27(17)19/h3-10,24-25H,1-2H3,(H2,20,22)/p+1. The van der Waals surface area contributed by atoms with Crippen molar-refractivity contribution >= 4 is 28.7 Å². The second-order valence-corrected chi connectivity index (χ2v) is 6.53. The molecule has 2 aromatic heterocycles. The molecule has 0 fully saturated rings. The van der Waals surface area contributed by atoms with Gasteiger partial charge in [0.2, 0.25) is 0 Å². The number of fused-ring (bicyclic) bond motifs is 2. The van der Waals surface area contributed by atoms with Crippen LogP contribution < -0.4 is 21.5 Å². The van der Waals surface area contributed by atoms with Crippen LogP contribution in [0.2, 0.25) is 0 Å². The van der Waals surface area contributed by atoms with Crippen molar-refractivity contribution in [2.45, 2.75) is 6.92 Å². The van der Waals surface area contributed by atoms with Crippen molar-refractivity contribution in [3.8, 4) is 5.75 Å². The highest BCUT2D eigenvalue weighted by Gasteiger charge is 2.35. The van der Waals surface area contributed by atoms with Crippen molar-refractivity contribution < 1.29 is 10.3 Å². The number of amidine groups is 2. The molecule has 5 rings (SSSR count). The summed E-state index contributed by atoms with van der Waals surface area (Å²) in [5, 5.41) is 6.17. The van der Waals surface area contributed by atoms with Gasteiger partial charge < -0.3 is 14.9 Å². The molecule has 0 atom stereocenters. The van der Waals surface area contributed by atoms with Gasteiger partial charge in [-0.25, -0.2) is 9.98 Å². The van der Waals surface area contributed by atoms with Crippen molar-refractivity contribution in [1.29, 1.82) is 0 Å². The van der Waals surface area contributed by atoms with Gasteiger partial charge in [0.25, 0.3) is 5.84 Å². The molecule has 0 bridgehead atoms. The summed E-state index contributed by atoms with van der Waals surface area (Å²) < 4.78 is 7.33. The monoisotopic (exact) mass is 375 g/mol. The molecule has 0 unspecified atom stereocenters. The number of hydrogen-bond acceptors (Lipinski definition) is 7. The fraction of sp³-hybridized carbons (Fsp3) is 0.105. The van der Waals surface area contributed by atoms with Gasteiger partial charge in [0, 0.05) is 29.2 Å². The van der Waals surface area contributed by atoms with Gasteiger partial charge in [0.05, 0.1) is 7.11 Å². The van der Waals surface area contributed by atoms with Crippen molar-refractivity contribution in [1.82, 2.24) is 19.9 Å². The zero-order chi connectivity index (χ0) is 19.3. The molecule has 0 aliphatic carbocycles. The van der Waals surface area contributed by atoms with Crippen molar-refractivity contribution in [2.24, 2.45) is 15.8 Å². The maximum atomic E-state index is 6.19. The van der Waals surface area contributed by atoms with Crippen molar-refractivity contribution in [3.63, 3.8) is 0 Å². The zero-order valence-corrected chi connectivity index (χ0v) is 15.4. The lowest BCUT2D eigenvalue weighted by atomic mass is 10.0. The van der Waals surface area contributed by atoms with E-state index in [2.05, 4.69) is 31.2 Å². The number of benzene rings is 1. The largest absolute Gasteiger partial charge is 0.497 e. The summed E-state index contributed by atoms with van der Waals surface area (Å²) in [4.78, 5) is 9.08. The summed E-state index contributed by atoms with van der Waals surface area (Å²) in [6, 6.07) is 11.8. The Morgan fingerprint density at radius 1 is 1.11 bits per heavy atom. The number of pyridine rings is 1. The number of rotatable bonds is 3. The minimum atomic E-state index is 0.357. The summed E-state index contributed by atoms with van der Waals surface area (Å²) in [6.07, 6.45) is 3.91. The molecule has 1 aromatic carbocycles. The average molecular weight is 375 g/mol. The maximum Gasteiger partial charge on any atom is 0.251 e. The minimum Gasteiger partial charge on any atom is -0.497 e. The van der Waals surface area contributed by atoms with E-state index in [1.54, 1.807) is 12.6 Å². The van der Waals surface area contributed by atoms with Gasteiger partial charge in [0.1, 0.15) is 22.8 Å². The van der Waals surface area contributed by atoms with Crippen LogP contribution in [0.1, 0.15) is 16.8 Å². The number of methoxy groups -OCH3 is 1. The number of nitrogens with one attached hydrogen (secondary N) is 1. The lowest BCUT2D eigenvalue weighted by Gasteiger charge is -2.24. The van der Waals surface area contributed by atoms with E-state index in [9.17, 15) is 0 Å². The second-order valence-electron chi connectivity index (χ2n) is 6.53. The predicted molar refractivity (Wildman–Crippen MR) is 106 cm³/mol. The van der Waals surface area contributed by atoms with Gasteiger partial charge in [-0.3, -0.25) is 0 Å². The van der Waals surface area contributed by atoms with Gasteiger partial charge in [-0.2, -0.15) is 0 Å². The van der Waals surface area contributed by atoms with E-state index in [0.717, 1.165) is 39.6 Å². The third-order valence-electron chi connectivity index (χ3n) is 4.84. The summed E-state index contributed by atoms with van der Waals surface area (Å²) in [7, 11) is 1.65. The Bertz CT molecular complexity index is 1170. The molecular weight excluding hydrogens is 356 g/mol. The smallest absolute Gasteiger partial charge is 0.251 e. The van der Waals surface area contributed by atoms with Crippen LogP contribution in [0, 0.1) is 6.92 Å². The first-order chi connectivity index (χ1) is 13.7. The second kappa shape index (κ2) is 6.10. The number of hydrazone groups is 1. The highest BCUT2D eigenvalue weighted by molar-refractivity contribution is 6.43. The van der Waals surface area contributed by atoms with Crippen LogP contribution in [0.25, 0.3) is 17.0 Å². The van der Waals surface area contributed by atoms with Gasteiger partial charge in [-0.05, 0) is 43.3 Å². The SMILES string of the molecule is COc1ccc(C2=C(c3ccc4ncc(C)n4c3)N3[NH2+]NN=C3C(N)=N2)cc1. The van der Waals surface area contributed by atoms with Crippen LogP contribution in [-0.2, 0) is 0 Å². The van der Waals surface area contributed by atoms with E-state index in [4.69, 9.17) is 10.5 Å². The quantitative estimate of drug-likeness (QED) is 0.576. The Labute approximate surface area is 160 Å². The Morgan fingerprint density at radius 3 is 2.68 bits per heavy atom. The first-order valence-corrected chi connectivity index (χ1v) is 8.79. The average Bonchev–Trinajstić information content (AvgIpc) is 3.35. The van der Waals surface area contributed by atoms with Crippen LogP contribution in [0.5, 0.6) is 5.75 Å². The van der Waals surface area contributed by atoms with E-state index in [1.807, 2.05) is 54.5 Å². The number of nitrogens with zero attached hydrogens (tertiary/aromatic N) is 5. The first-order valence-electron chi connectivity index (χ1n) is 8.79. The van der Waals surface area contributed by atoms with Crippen LogP contribution >= 0.6 is 0 Å². The molecule has 5 N–H and O–H groups in total. The molecule has 0 saturated carbocycles. The molecule has 0 radical (unpaired) electrons. The Kier molecular flexibility index (Phi) is 3.56. The number of aromatic nitrogens is 2. The highest BCUT2D eigenvalue weighted by Crippen LogP contribution is 2.33. The Balaban J connectivity index is 1.75. The van der Waals surface area contributed by atoms with Gasteiger partial charge in [0.15, 0.2) is 5.84 Å². The molecule has 3 aromatic rings. The molecule has 0 amide bonds. The summed E-state index contributed by atoms with van der Waals surface area (Å²) in [5.74, 6) is 1.72. The molecule has 9 heteroatoms. The molecule has 9 nitrogen and oxygen atoms in total. The van der Waals surface area contributed by atoms with Crippen LogP contribution in [0.4, 0.5) is 0 Å². The highest BCUT2D eigenvalue weighted by atomic mass is 16.5. The molecule has 0 saturated heterocycles. The van der Waals surface area contributed by atoms with E-state index in [1.165, 1.54) is 0 Å². The molecule has 2 aliphatic heterocycles. The van der Waals surface area contributed by atoms with Crippen LogP contribution in [0.15, 0.2) is 58.9 Å². The van der Waals surface area contributed by atoms with E-state index >= 15 is 0 Å². The van der Waals surface area contributed by atoms with Gasteiger partial charge in [-0.15, -0.1) is 21.2 Å². The number of nitrogens with two attached hydrogens (primary N) is 2. The third-order valence-corrected chi connectivity index (χ3v) is 4.84. The normalized spacial score (nSPS) is 16.0. The number of hydrogen-bond donors (Lipinski definition) is 3. The Hall–Kier alpha value is -3.85. The van der Waals surface area contributed by atoms with Crippen LogP contribution in [-0.4, -0.2) is 33.2 Å². The molecule has 140 valence electrons. The van der Waals surface area contributed by atoms with Crippen LogP contribution in [0.3, 0.4) is 0 Å². The van der Waals surface area contributed by atoms with E-state index < -0.39 is 0 Å². The molecule has 2 aliphatic rings. The number of quaternary nitrogens is 1. The van der Waals surface area contributed by atoms with E-state index in [-0.39, 0.29) is 0 Å². The molecular formula is C19H19N8O+. The number of aryl methyl sites for hydroxylation is 1. The van der Waals surface area contributed by atoms with Crippen molar-refractivity contribution in [2.75, 3.05) is 7.11 Å². The van der Waals surface area contributed by atoms with Gasteiger partial charge >= 0.3 is 0 Å². The van der Waals surface area contributed by atoms with E-state index in [0.29, 0.717) is 11.7 Å². The number of imidazole rings is 1.